The Kier molecular flexibility index (Phi) is 37.8. The van der Waals surface area contributed by atoms with E-state index < -0.39 is 401 Å². The Balaban J connectivity index is 1.05. The van der Waals surface area contributed by atoms with Crippen LogP contribution in [-0.2, 0) is 128 Å². The van der Waals surface area contributed by atoms with E-state index in [-0.39, 0.29) is 0 Å². The number of aliphatic hydroxyl groups excluding tert-OH is 24. The van der Waals surface area contributed by atoms with E-state index in [1.165, 1.54) is 6.92 Å². The highest BCUT2D eigenvalue weighted by atomic mass is 16.8. The fourth-order valence-electron chi connectivity index (χ4n) is 16.4. The van der Waals surface area contributed by atoms with Crippen molar-refractivity contribution >= 4 is 47.5 Å². The van der Waals surface area contributed by atoms with E-state index in [0.29, 0.717) is 0 Å². The molecule has 742 valence electrons. The minimum absolute atomic E-state index is 0.839. The third-order valence-electron chi connectivity index (χ3n) is 22.9. The number of carboxylic acids is 2. The van der Waals surface area contributed by atoms with Gasteiger partial charge in [-0.2, -0.15) is 0 Å². The molecule has 47 atom stereocenters. The number of esters is 2. The second-order valence-electron chi connectivity index (χ2n) is 32.2. The van der Waals surface area contributed by atoms with E-state index in [1.807, 2.05) is 0 Å². The van der Waals surface area contributed by atoms with Crippen molar-refractivity contribution in [1.29, 1.82) is 0 Å². The minimum atomic E-state index is -3.40. The van der Waals surface area contributed by atoms with Gasteiger partial charge >= 0.3 is 23.9 Å². The van der Waals surface area contributed by atoms with Crippen LogP contribution in [0.5, 0.6) is 0 Å². The van der Waals surface area contributed by atoms with Crippen LogP contribution in [0.2, 0.25) is 0 Å². The van der Waals surface area contributed by atoms with E-state index >= 15 is 0 Å². The molecule has 9 aliphatic rings. The molecule has 129 heavy (non-hydrogen) atoms. The summed E-state index contributed by atoms with van der Waals surface area (Å²) in [6.07, 6.45) is -94.7. The Bertz CT molecular complexity index is 3690. The summed E-state index contributed by atoms with van der Waals surface area (Å²) in [5.41, 5.74) is 0. The minimum Gasteiger partial charge on any atom is -0.477 e. The number of hydrogen-bond donors (Lipinski definition) is 30. The van der Waals surface area contributed by atoms with Crippen molar-refractivity contribution in [2.45, 2.75) is 349 Å². The standard InChI is InChI=1S/C72H116N4O53/c1-18-39(92)46(99)49(102)65(112-18)124-58-38(76-22(5)87)63(118-33(16-83)55(58)123-68-52(105)61(43(96)30(13-80)117-68)129-72(70(109)110)9-28(114-24(7)89)36(74-20(3)85)57(127-72)41(94)26(91)11-78)111-17-34-44(97)59(50(103)66(120-34)122-54-31(14-81)115-62(106)48(101)47(54)100)125-64-37(75-21(4)86)45(98)53(32(15-82)119-64)121-67-51(104)60(42(95)29(12-79)116-67)128-71(69(107)108)8-27(113-23(6)88)35(73-19(2)84)56(126-71)40(93)25(90)10-77/h18,25-68,77-83,90-106H,8-17H2,1-7H3,(H,73,84)(H,74,85)(H,75,86)(H,76,87)(H,107,108)(H,109,110)/t18-,25+,26+,27-,28-,29+,30+,31+,32+,33+,34+,35+,36+,37+,38+,39+,40+,41+,42-,43-,44-,45+,46+,47+,48+,49-,50+,51+,52+,53+,54+,55+,56+,57+,58+,59-,60-,61-,62?,63+,64-,65-,66-,67-,68+,71-,72-/m0/s1. The summed E-state index contributed by atoms with van der Waals surface area (Å²) in [5, 5.41) is 301. The summed E-state index contributed by atoms with van der Waals surface area (Å²) in [5.74, 6) is -17.4. The van der Waals surface area contributed by atoms with Crippen molar-refractivity contribution in [3.8, 4) is 0 Å². The van der Waals surface area contributed by atoms with Gasteiger partial charge in [0.1, 0.15) is 214 Å². The first-order valence-corrected chi connectivity index (χ1v) is 40.5. The van der Waals surface area contributed by atoms with Crippen LogP contribution < -0.4 is 21.3 Å². The third-order valence-corrected chi connectivity index (χ3v) is 22.9. The molecule has 0 bridgehead atoms. The summed E-state index contributed by atoms with van der Waals surface area (Å²) in [4.78, 5) is 104. The fraction of sp³-hybridized carbons (Fsp3) is 0.889. The quantitative estimate of drug-likeness (QED) is 0.0259. The van der Waals surface area contributed by atoms with Crippen LogP contribution in [0, 0.1) is 0 Å². The summed E-state index contributed by atoms with van der Waals surface area (Å²) in [6.45, 7) is -3.65. The average Bonchev–Trinajstić information content (AvgIpc) is 0.382. The molecule has 9 aliphatic heterocycles. The lowest BCUT2D eigenvalue weighted by Crippen LogP contribution is -2.72. The molecule has 0 spiro atoms. The maximum atomic E-state index is 13.7. The van der Waals surface area contributed by atoms with Crippen LogP contribution in [0.15, 0.2) is 0 Å². The topological polar surface area (TPSA) is 886 Å². The lowest BCUT2D eigenvalue weighted by molar-refractivity contribution is -0.396. The molecule has 9 heterocycles. The predicted molar refractivity (Wildman–Crippen MR) is 396 cm³/mol. The van der Waals surface area contributed by atoms with E-state index in [1.54, 1.807) is 0 Å². The van der Waals surface area contributed by atoms with Crippen molar-refractivity contribution in [2.75, 3.05) is 52.9 Å². The van der Waals surface area contributed by atoms with Gasteiger partial charge in [-0.25, -0.2) is 9.59 Å². The zero-order valence-corrected chi connectivity index (χ0v) is 69.7. The molecule has 57 heteroatoms. The zero-order valence-electron chi connectivity index (χ0n) is 69.7. The maximum Gasteiger partial charge on any atom is 0.364 e. The molecule has 9 fully saturated rings. The smallest absolute Gasteiger partial charge is 0.364 e. The summed E-state index contributed by atoms with van der Waals surface area (Å²) >= 11 is 0. The van der Waals surface area contributed by atoms with Crippen molar-refractivity contribution < 1.29 is 261 Å². The van der Waals surface area contributed by atoms with Crippen molar-refractivity contribution in [1.82, 2.24) is 21.3 Å². The second-order valence-corrected chi connectivity index (χ2v) is 32.2. The Morgan fingerprint density at radius 1 is 0.349 bits per heavy atom. The third kappa shape index (κ3) is 24.0. The van der Waals surface area contributed by atoms with Crippen LogP contribution >= 0.6 is 0 Å². The van der Waals surface area contributed by atoms with Gasteiger partial charge in [-0.15, -0.1) is 0 Å². The summed E-state index contributed by atoms with van der Waals surface area (Å²) < 4.78 is 112. The Morgan fingerprint density at radius 3 is 1.12 bits per heavy atom. The lowest BCUT2D eigenvalue weighted by atomic mass is 9.87. The van der Waals surface area contributed by atoms with Crippen molar-refractivity contribution in [2.24, 2.45) is 0 Å². The van der Waals surface area contributed by atoms with E-state index in [9.17, 15) is 171 Å². The summed E-state index contributed by atoms with van der Waals surface area (Å²) in [6, 6.07) is -7.79. The molecule has 0 aromatic heterocycles. The number of carbonyl (C=O) groups is 8. The second kappa shape index (κ2) is 45.6. The molecule has 0 aromatic rings. The molecule has 0 aliphatic carbocycles. The molecule has 9 saturated heterocycles. The predicted octanol–water partition coefficient (Wildman–Crippen LogP) is -19.5. The molecule has 0 aromatic carbocycles. The highest BCUT2D eigenvalue weighted by Gasteiger charge is 2.66. The number of rotatable bonds is 36. The van der Waals surface area contributed by atoms with Crippen LogP contribution in [0.25, 0.3) is 0 Å². The van der Waals surface area contributed by atoms with Gasteiger partial charge in [-0.3, -0.25) is 28.8 Å². The molecule has 30 N–H and O–H groups in total. The molecule has 1 unspecified atom stereocenters. The average molecular weight is 1890 g/mol. The maximum absolute atomic E-state index is 13.7. The summed E-state index contributed by atoms with van der Waals surface area (Å²) in [7, 11) is 0. The first-order valence-electron chi connectivity index (χ1n) is 40.5. The lowest BCUT2D eigenvalue weighted by Gasteiger charge is -2.52. The fourth-order valence-corrected chi connectivity index (χ4v) is 16.4. The van der Waals surface area contributed by atoms with E-state index in [4.69, 9.17) is 90.0 Å². The van der Waals surface area contributed by atoms with Gasteiger partial charge in [0.2, 0.25) is 23.6 Å². The molecule has 57 nitrogen and oxygen atoms in total. The van der Waals surface area contributed by atoms with Gasteiger partial charge in [0.25, 0.3) is 11.6 Å². The monoisotopic (exact) mass is 1880 g/mol. The number of hydrogen-bond acceptors (Lipinski definition) is 51. The van der Waals surface area contributed by atoms with Crippen molar-refractivity contribution in [3.05, 3.63) is 0 Å². The van der Waals surface area contributed by atoms with Gasteiger partial charge in [-0.1, -0.05) is 0 Å². The number of aliphatic carboxylic acids is 2. The highest BCUT2D eigenvalue weighted by molar-refractivity contribution is 5.78. The first-order chi connectivity index (χ1) is 60.6. The Labute approximate surface area is 729 Å². The first kappa shape index (κ1) is 107. The van der Waals surface area contributed by atoms with Gasteiger partial charge in [0.15, 0.2) is 44.0 Å². The van der Waals surface area contributed by atoms with Crippen LogP contribution in [-0.4, -0.2) is 520 Å². The number of ether oxygens (including phenoxy) is 19. The molecule has 0 saturated carbocycles. The Morgan fingerprint density at radius 2 is 0.698 bits per heavy atom. The van der Waals surface area contributed by atoms with E-state index in [2.05, 4.69) is 21.3 Å². The van der Waals surface area contributed by atoms with Gasteiger partial charge < -0.3 is 244 Å². The molecular weight excluding hydrogens is 1770 g/mol. The molecule has 4 amide bonds. The molecular formula is C72H116N4O53. The van der Waals surface area contributed by atoms with Crippen LogP contribution in [0.1, 0.15) is 61.3 Å². The van der Waals surface area contributed by atoms with Gasteiger partial charge in [-0.05, 0) is 6.92 Å². The molecule has 0 radical (unpaired) electrons. The van der Waals surface area contributed by atoms with E-state index in [0.717, 1.165) is 41.5 Å². The highest BCUT2D eigenvalue weighted by Crippen LogP contribution is 2.44. The van der Waals surface area contributed by atoms with Crippen molar-refractivity contribution in [3.63, 3.8) is 0 Å². The SMILES string of the molecule is CC(=O)N[C@H]1[C@H](O[C@H]2[C@@H](O)[C@@H](CO[C@@H]3O[C@H](CO)[C@@H](O[C@H]4O[C@H](CO)[C@H](O)[C@H](O[C@]5(C(=O)O)C[C@H](OC(C)=O)[C@@H](NC(C)=O)[C@H]([C@H](O)[C@H](O)CO)O5)[C@H]4O)[C@H](O[C@@H]4O[C@@H](C)[C@@H](O)[C@@H](O)[C@@H]4O)[C@H]3NC(C)=O)O[C@@H](O[C@H]3[C@H](O)[C@@H](O)C(O)O[C@@H]3CO)[C@@H]2O)O[C@H](CO)[C@@H](O[C@@H]2O[C@H](CO)[C@H](O)[C@H](O[C@]3(C(=O)O)C[C@H](OC(C)=O)[C@@H](NC(C)=O)[C@H]([C@H](O)[C@H](O)CO)O3)[C@H]2O)[C@@H]1O. The van der Waals surface area contributed by atoms with Crippen LogP contribution in [0.4, 0.5) is 0 Å². The van der Waals surface area contributed by atoms with Gasteiger partial charge in [0.05, 0.1) is 83.9 Å². The Hall–Kier alpha value is -5.88. The normalized spacial score (nSPS) is 44.9. The van der Waals surface area contributed by atoms with Crippen LogP contribution in [0.3, 0.4) is 0 Å². The zero-order chi connectivity index (χ0) is 95.9. The number of aliphatic hydroxyl groups is 24. The molecule has 9 rings (SSSR count). The number of carbonyl (C=O) groups excluding carboxylic acids is 6. The van der Waals surface area contributed by atoms with Gasteiger partial charge in [0, 0.05) is 41.5 Å². The largest absolute Gasteiger partial charge is 0.477 e. The number of nitrogens with one attached hydrogen (secondary N) is 4. The number of amides is 4. The number of carboxylic acid groups (broad SMARTS) is 2.